The van der Waals surface area contributed by atoms with E-state index in [9.17, 15) is 9.59 Å². The van der Waals surface area contributed by atoms with Crippen LogP contribution >= 0.6 is 0 Å². The van der Waals surface area contributed by atoms with E-state index >= 15 is 0 Å². The molecule has 0 aliphatic carbocycles. The van der Waals surface area contributed by atoms with Crippen LogP contribution in [0.3, 0.4) is 0 Å². The highest BCUT2D eigenvalue weighted by Crippen LogP contribution is 2.32. The van der Waals surface area contributed by atoms with Crippen LogP contribution in [-0.2, 0) is 19.1 Å². The minimum absolute atomic E-state index is 0.0976. The Bertz CT molecular complexity index is 462. The SMILES string of the molecule is CCCCCCCCCCCCCOC1(CCCCCCCCCC)CC(=O)OC1=O. The summed E-state index contributed by atoms with van der Waals surface area (Å²) in [6, 6.07) is 0. The van der Waals surface area contributed by atoms with Gasteiger partial charge in [-0.2, -0.15) is 0 Å². The van der Waals surface area contributed by atoms with Crippen LogP contribution in [0, 0.1) is 0 Å². The maximum Gasteiger partial charge on any atom is 0.346 e. The number of esters is 2. The van der Waals surface area contributed by atoms with E-state index in [1.807, 2.05) is 0 Å². The van der Waals surface area contributed by atoms with E-state index in [4.69, 9.17) is 9.47 Å². The third-order valence-corrected chi connectivity index (χ3v) is 6.57. The second-order valence-electron chi connectivity index (χ2n) is 9.54. The zero-order valence-electron chi connectivity index (χ0n) is 20.7. The largest absolute Gasteiger partial charge is 0.391 e. The molecule has 0 aromatic rings. The van der Waals surface area contributed by atoms with Gasteiger partial charge in [0.15, 0.2) is 5.60 Å². The van der Waals surface area contributed by atoms with Crippen LogP contribution in [0.1, 0.15) is 149 Å². The number of hydrogen-bond donors (Lipinski definition) is 0. The van der Waals surface area contributed by atoms with Gasteiger partial charge in [0.1, 0.15) is 0 Å². The summed E-state index contributed by atoms with van der Waals surface area (Å²) in [5.41, 5.74) is -1.00. The molecule has 1 atom stereocenters. The Balaban J connectivity index is 2.11. The number of ether oxygens (including phenoxy) is 2. The molecule has 4 heteroatoms. The van der Waals surface area contributed by atoms with Gasteiger partial charge in [0, 0.05) is 6.61 Å². The molecule has 182 valence electrons. The van der Waals surface area contributed by atoms with Crippen molar-refractivity contribution in [2.45, 2.75) is 154 Å². The van der Waals surface area contributed by atoms with Crippen LogP contribution in [-0.4, -0.2) is 24.1 Å². The third kappa shape index (κ3) is 13.3. The lowest BCUT2D eigenvalue weighted by molar-refractivity contribution is -0.163. The van der Waals surface area contributed by atoms with Crippen molar-refractivity contribution in [1.29, 1.82) is 0 Å². The van der Waals surface area contributed by atoms with Crippen LogP contribution in [0.2, 0.25) is 0 Å². The second-order valence-corrected chi connectivity index (χ2v) is 9.54. The first-order valence-corrected chi connectivity index (χ1v) is 13.5. The molecule has 0 aromatic heterocycles. The number of cyclic esters (lactones) is 2. The van der Waals surface area contributed by atoms with Crippen LogP contribution < -0.4 is 0 Å². The minimum atomic E-state index is -1.00. The number of carbonyl (C=O) groups is 2. The molecule has 4 nitrogen and oxygen atoms in total. The van der Waals surface area contributed by atoms with Crippen molar-refractivity contribution < 1.29 is 19.1 Å². The maximum atomic E-state index is 12.3. The van der Waals surface area contributed by atoms with Gasteiger partial charge in [-0.05, 0) is 19.3 Å². The molecule has 1 rings (SSSR count). The van der Waals surface area contributed by atoms with Crippen molar-refractivity contribution in [2.75, 3.05) is 6.61 Å². The van der Waals surface area contributed by atoms with Gasteiger partial charge in [-0.3, -0.25) is 4.79 Å². The van der Waals surface area contributed by atoms with Gasteiger partial charge < -0.3 is 9.47 Å². The lowest BCUT2D eigenvalue weighted by atomic mass is 9.93. The topological polar surface area (TPSA) is 52.6 Å². The fourth-order valence-corrected chi connectivity index (χ4v) is 4.49. The first-order chi connectivity index (χ1) is 15.1. The van der Waals surface area contributed by atoms with Crippen molar-refractivity contribution in [3.05, 3.63) is 0 Å². The summed E-state index contributed by atoms with van der Waals surface area (Å²) in [7, 11) is 0. The smallest absolute Gasteiger partial charge is 0.346 e. The molecule has 1 aliphatic rings. The number of hydrogen-bond acceptors (Lipinski definition) is 4. The molecule has 0 radical (unpaired) electrons. The van der Waals surface area contributed by atoms with Crippen LogP contribution in [0.5, 0.6) is 0 Å². The van der Waals surface area contributed by atoms with Crippen LogP contribution in [0.15, 0.2) is 0 Å². The predicted molar refractivity (Wildman–Crippen MR) is 128 cm³/mol. The van der Waals surface area contributed by atoms with Crippen molar-refractivity contribution in [3.8, 4) is 0 Å². The van der Waals surface area contributed by atoms with E-state index in [-0.39, 0.29) is 6.42 Å². The highest BCUT2D eigenvalue weighted by Gasteiger charge is 2.49. The molecule has 1 aliphatic heterocycles. The van der Waals surface area contributed by atoms with Crippen molar-refractivity contribution >= 4 is 11.9 Å². The van der Waals surface area contributed by atoms with E-state index in [0.29, 0.717) is 13.0 Å². The molecule has 1 saturated heterocycles. The summed E-state index contributed by atoms with van der Waals surface area (Å²) >= 11 is 0. The van der Waals surface area contributed by atoms with Gasteiger partial charge in [0.2, 0.25) is 0 Å². The average Bonchev–Trinajstić information content (AvgIpc) is 3.04. The fraction of sp³-hybridized carbons (Fsp3) is 0.926. The molecular weight excluding hydrogens is 388 g/mol. The van der Waals surface area contributed by atoms with E-state index < -0.39 is 17.5 Å². The summed E-state index contributed by atoms with van der Waals surface area (Å²) in [5, 5.41) is 0. The highest BCUT2D eigenvalue weighted by atomic mass is 16.6. The Morgan fingerprint density at radius 2 is 1.06 bits per heavy atom. The van der Waals surface area contributed by atoms with E-state index in [0.717, 1.165) is 25.7 Å². The first-order valence-electron chi connectivity index (χ1n) is 13.5. The van der Waals surface area contributed by atoms with Gasteiger partial charge in [0.05, 0.1) is 6.42 Å². The number of unbranched alkanes of at least 4 members (excludes halogenated alkanes) is 17. The molecule has 0 N–H and O–H groups in total. The quantitative estimate of drug-likeness (QED) is 0.0974. The Morgan fingerprint density at radius 1 is 0.645 bits per heavy atom. The molecule has 0 saturated carbocycles. The number of carbonyl (C=O) groups excluding carboxylic acids is 2. The van der Waals surface area contributed by atoms with Crippen LogP contribution in [0.25, 0.3) is 0 Å². The zero-order valence-corrected chi connectivity index (χ0v) is 20.7. The molecule has 1 heterocycles. The molecule has 1 unspecified atom stereocenters. The standard InChI is InChI=1S/C27H50O4/c1-3-5-7-9-11-13-14-15-17-19-21-23-30-27(24-25(28)31-26(27)29)22-20-18-16-12-10-8-6-4-2/h3-24H2,1-2H3. The molecule has 0 aromatic carbocycles. The monoisotopic (exact) mass is 438 g/mol. The molecule has 0 amide bonds. The van der Waals surface area contributed by atoms with E-state index in [1.54, 1.807) is 0 Å². The lowest BCUT2D eigenvalue weighted by Crippen LogP contribution is -2.38. The molecule has 31 heavy (non-hydrogen) atoms. The van der Waals surface area contributed by atoms with Gasteiger partial charge in [-0.1, -0.05) is 123 Å². The van der Waals surface area contributed by atoms with Crippen molar-refractivity contribution in [3.63, 3.8) is 0 Å². The lowest BCUT2D eigenvalue weighted by Gasteiger charge is -2.24. The molecule has 0 spiro atoms. The number of rotatable bonds is 22. The van der Waals surface area contributed by atoms with Gasteiger partial charge in [-0.15, -0.1) is 0 Å². The first kappa shape index (κ1) is 28.1. The van der Waals surface area contributed by atoms with Crippen LogP contribution in [0.4, 0.5) is 0 Å². The minimum Gasteiger partial charge on any atom is -0.391 e. The van der Waals surface area contributed by atoms with Crippen molar-refractivity contribution in [1.82, 2.24) is 0 Å². The van der Waals surface area contributed by atoms with Gasteiger partial charge in [0.25, 0.3) is 0 Å². The summed E-state index contributed by atoms with van der Waals surface area (Å²) in [5.74, 6) is -0.882. The molecular formula is C27H50O4. The summed E-state index contributed by atoms with van der Waals surface area (Å²) in [6.45, 7) is 5.05. The average molecular weight is 439 g/mol. The fourth-order valence-electron chi connectivity index (χ4n) is 4.49. The Kier molecular flexibility index (Phi) is 16.9. The summed E-state index contributed by atoms with van der Waals surface area (Å²) < 4.78 is 10.9. The van der Waals surface area contributed by atoms with Gasteiger partial charge in [-0.25, -0.2) is 4.79 Å². The Morgan fingerprint density at radius 3 is 1.48 bits per heavy atom. The summed E-state index contributed by atoms with van der Waals surface area (Å²) in [4.78, 5) is 24.0. The zero-order chi connectivity index (χ0) is 22.6. The van der Waals surface area contributed by atoms with Gasteiger partial charge >= 0.3 is 11.9 Å². The molecule has 0 bridgehead atoms. The summed E-state index contributed by atoms with van der Waals surface area (Å²) in [6.07, 6.45) is 24.5. The molecule has 1 fully saturated rings. The van der Waals surface area contributed by atoms with E-state index in [1.165, 1.54) is 96.3 Å². The Hall–Kier alpha value is -0.900. The normalized spacial score (nSPS) is 18.6. The highest BCUT2D eigenvalue weighted by molar-refractivity contribution is 5.99. The van der Waals surface area contributed by atoms with Crippen molar-refractivity contribution in [2.24, 2.45) is 0 Å². The maximum absolute atomic E-state index is 12.3. The second kappa shape index (κ2) is 18.7. The third-order valence-electron chi connectivity index (χ3n) is 6.57. The Labute approximate surface area is 192 Å². The predicted octanol–water partition coefficient (Wildman–Crippen LogP) is 8.06. The van der Waals surface area contributed by atoms with E-state index in [2.05, 4.69) is 13.8 Å².